The molecule has 1 aromatic heterocycles. The van der Waals surface area contributed by atoms with Gasteiger partial charge in [0, 0.05) is 42.3 Å². The zero-order valence-corrected chi connectivity index (χ0v) is 14.2. The fourth-order valence-electron chi connectivity index (χ4n) is 1.99. The largest absolute Gasteiger partial charge is 0.369 e. The first-order chi connectivity index (χ1) is 11.3. The molecule has 8 nitrogen and oxygen atoms in total. The summed E-state index contributed by atoms with van der Waals surface area (Å²) in [4.78, 5) is 19.0. The topological polar surface area (TPSA) is 115 Å². The van der Waals surface area contributed by atoms with E-state index >= 15 is 0 Å². The van der Waals surface area contributed by atoms with Crippen LogP contribution in [0.15, 0.2) is 30.3 Å². The van der Waals surface area contributed by atoms with Crippen LogP contribution in [0.1, 0.15) is 12.6 Å². The van der Waals surface area contributed by atoms with E-state index < -0.39 is 14.8 Å². The second-order valence-corrected chi connectivity index (χ2v) is 7.54. The van der Waals surface area contributed by atoms with Crippen molar-refractivity contribution in [2.75, 3.05) is 23.9 Å². The Morgan fingerprint density at radius 1 is 1.21 bits per heavy atom. The monoisotopic (exact) mass is 350 g/mol. The molecule has 0 saturated carbocycles. The molecule has 0 unspecified atom stereocenters. The van der Waals surface area contributed by atoms with Crippen LogP contribution in [-0.2, 0) is 16.3 Å². The highest BCUT2D eigenvalue weighted by atomic mass is 32.2. The number of anilines is 1. The first-order valence-electron chi connectivity index (χ1n) is 7.33. The molecule has 1 N–H and O–H groups in total. The maximum atomic E-state index is 11.2. The molecular formula is C15H18N4O4S. The van der Waals surface area contributed by atoms with Crippen LogP contribution in [0.4, 0.5) is 11.5 Å². The summed E-state index contributed by atoms with van der Waals surface area (Å²) < 4.78 is 22.4. The van der Waals surface area contributed by atoms with Crippen LogP contribution < -0.4 is 5.32 Å². The highest BCUT2D eigenvalue weighted by Gasteiger charge is 2.10. The predicted molar refractivity (Wildman–Crippen MR) is 91.7 cm³/mol. The number of nitrogens with zero attached hydrogens (tertiary/aromatic N) is 3. The average molecular weight is 350 g/mol. The summed E-state index contributed by atoms with van der Waals surface area (Å²) in [7, 11) is -3.05. The van der Waals surface area contributed by atoms with Crippen molar-refractivity contribution in [1.82, 2.24) is 9.97 Å². The Labute approximate surface area is 140 Å². The molecule has 0 aliphatic rings. The van der Waals surface area contributed by atoms with Crippen molar-refractivity contribution in [1.29, 1.82) is 0 Å². The highest BCUT2D eigenvalue weighted by molar-refractivity contribution is 7.90. The molecule has 9 heteroatoms. The van der Waals surface area contributed by atoms with Crippen molar-refractivity contribution in [3.05, 3.63) is 46.1 Å². The van der Waals surface area contributed by atoms with E-state index in [0.717, 1.165) is 5.69 Å². The molecule has 0 atom stereocenters. The standard InChI is InChI=1S/C15H18N4O4S/c1-3-12-10-14(16-8-9-24(2,22)23)18-15(17-12)11-4-6-13(7-5-11)19(20)21/h4-7,10H,3,8-9H2,1-2H3,(H,16,17,18). The first kappa shape index (κ1) is 17.8. The number of benzene rings is 1. The molecule has 24 heavy (non-hydrogen) atoms. The minimum absolute atomic E-state index is 0.00287. The van der Waals surface area contributed by atoms with Gasteiger partial charge in [0.2, 0.25) is 0 Å². The molecule has 0 aliphatic carbocycles. The second kappa shape index (κ2) is 7.35. The smallest absolute Gasteiger partial charge is 0.269 e. The quantitative estimate of drug-likeness (QED) is 0.600. The zero-order valence-electron chi connectivity index (χ0n) is 13.4. The van der Waals surface area contributed by atoms with Gasteiger partial charge in [-0.2, -0.15) is 0 Å². The van der Waals surface area contributed by atoms with E-state index in [2.05, 4.69) is 15.3 Å². The molecule has 0 amide bonds. The number of hydrogen-bond donors (Lipinski definition) is 1. The minimum atomic E-state index is -3.05. The van der Waals surface area contributed by atoms with Crippen LogP contribution in [0.2, 0.25) is 0 Å². The summed E-state index contributed by atoms with van der Waals surface area (Å²) in [6, 6.07) is 7.74. The lowest BCUT2D eigenvalue weighted by molar-refractivity contribution is -0.384. The molecule has 2 rings (SSSR count). The summed E-state index contributed by atoms with van der Waals surface area (Å²) in [5.74, 6) is 0.968. The van der Waals surface area contributed by atoms with Gasteiger partial charge in [-0.05, 0) is 18.6 Å². The summed E-state index contributed by atoms with van der Waals surface area (Å²) in [5, 5.41) is 13.7. The number of aryl methyl sites for hydroxylation is 1. The number of non-ortho nitro benzene ring substituents is 1. The summed E-state index contributed by atoms with van der Waals surface area (Å²) in [6.45, 7) is 2.20. The van der Waals surface area contributed by atoms with Gasteiger partial charge in [0.15, 0.2) is 5.82 Å². The zero-order chi connectivity index (χ0) is 17.7. The number of nitro benzene ring substituents is 1. The highest BCUT2D eigenvalue weighted by Crippen LogP contribution is 2.21. The number of rotatable bonds is 7. The summed E-state index contributed by atoms with van der Waals surface area (Å²) in [6.07, 6.45) is 1.86. The molecule has 0 bridgehead atoms. The molecule has 0 saturated heterocycles. The maximum Gasteiger partial charge on any atom is 0.269 e. The number of hydrogen-bond acceptors (Lipinski definition) is 7. The van der Waals surface area contributed by atoms with Gasteiger partial charge in [-0.1, -0.05) is 6.92 Å². The van der Waals surface area contributed by atoms with Gasteiger partial charge in [-0.3, -0.25) is 10.1 Å². The third-order valence-corrected chi connectivity index (χ3v) is 4.20. The van der Waals surface area contributed by atoms with E-state index in [1.54, 1.807) is 18.2 Å². The molecule has 2 aromatic rings. The molecule has 0 radical (unpaired) electrons. The van der Waals surface area contributed by atoms with E-state index in [0.29, 0.717) is 23.6 Å². The number of nitrogens with one attached hydrogen (secondary N) is 1. The maximum absolute atomic E-state index is 11.2. The molecule has 0 fully saturated rings. The fourth-order valence-corrected chi connectivity index (χ4v) is 2.47. The Morgan fingerprint density at radius 3 is 2.42 bits per heavy atom. The average Bonchev–Trinajstić information content (AvgIpc) is 2.53. The van der Waals surface area contributed by atoms with E-state index in [-0.39, 0.29) is 18.0 Å². The third kappa shape index (κ3) is 4.98. The summed E-state index contributed by atoms with van der Waals surface area (Å²) >= 11 is 0. The van der Waals surface area contributed by atoms with Crippen molar-refractivity contribution >= 4 is 21.3 Å². The van der Waals surface area contributed by atoms with Crippen LogP contribution in [0.3, 0.4) is 0 Å². The Hall–Kier alpha value is -2.55. The Balaban J connectivity index is 2.26. The van der Waals surface area contributed by atoms with Gasteiger partial charge >= 0.3 is 0 Å². The Kier molecular flexibility index (Phi) is 5.45. The van der Waals surface area contributed by atoms with Gasteiger partial charge in [-0.25, -0.2) is 18.4 Å². The van der Waals surface area contributed by atoms with Crippen LogP contribution in [0, 0.1) is 10.1 Å². The normalized spacial score (nSPS) is 11.2. The van der Waals surface area contributed by atoms with Gasteiger partial charge < -0.3 is 5.32 Å². The predicted octanol–water partition coefficient (Wildman–Crippen LogP) is 2.07. The van der Waals surface area contributed by atoms with Crippen molar-refractivity contribution in [2.45, 2.75) is 13.3 Å². The summed E-state index contributed by atoms with van der Waals surface area (Å²) in [5.41, 5.74) is 1.44. The third-order valence-electron chi connectivity index (χ3n) is 3.26. The van der Waals surface area contributed by atoms with E-state index in [1.165, 1.54) is 18.4 Å². The Bertz CT molecular complexity index is 835. The number of nitro groups is 1. The lowest BCUT2D eigenvalue weighted by atomic mass is 10.2. The SMILES string of the molecule is CCc1cc(NCCS(C)(=O)=O)nc(-c2ccc([N+](=O)[O-])cc2)n1. The lowest BCUT2D eigenvalue weighted by Gasteiger charge is -2.09. The van der Waals surface area contributed by atoms with Gasteiger partial charge in [-0.15, -0.1) is 0 Å². The first-order valence-corrected chi connectivity index (χ1v) is 9.39. The van der Waals surface area contributed by atoms with Gasteiger partial charge in [0.25, 0.3) is 5.69 Å². The molecule has 128 valence electrons. The molecular weight excluding hydrogens is 332 g/mol. The lowest BCUT2D eigenvalue weighted by Crippen LogP contribution is -2.15. The molecule has 1 aromatic carbocycles. The van der Waals surface area contributed by atoms with Crippen LogP contribution in [0.25, 0.3) is 11.4 Å². The molecule has 0 spiro atoms. The Morgan fingerprint density at radius 2 is 1.88 bits per heavy atom. The van der Waals surface area contributed by atoms with E-state index in [1.807, 2.05) is 6.92 Å². The van der Waals surface area contributed by atoms with Crippen molar-refractivity contribution in [2.24, 2.45) is 0 Å². The number of sulfone groups is 1. The van der Waals surface area contributed by atoms with Crippen LogP contribution in [-0.4, -0.2) is 41.9 Å². The van der Waals surface area contributed by atoms with Crippen molar-refractivity contribution in [3.8, 4) is 11.4 Å². The molecule has 1 heterocycles. The van der Waals surface area contributed by atoms with E-state index in [9.17, 15) is 18.5 Å². The van der Waals surface area contributed by atoms with E-state index in [4.69, 9.17) is 0 Å². The minimum Gasteiger partial charge on any atom is -0.369 e. The van der Waals surface area contributed by atoms with Crippen LogP contribution >= 0.6 is 0 Å². The van der Waals surface area contributed by atoms with Gasteiger partial charge in [0.05, 0.1) is 10.7 Å². The fraction of sp³-hybridized carbons (Fsp3) is 0.333. The number of aromatic nitrogens is 2. The molecule has 0 aliphatic heterocycles. The second-order valence-electron chi connectivity index (χ2n) is 5.28. The van der Waals surface area contributed by atoms with Gasteiger partial charge in [0.1, 0.15) is 15.7 Å². The van der Waals surface area contributed by atoms with Crippen molar-refractivity contribution in [3.63, 3.8) is 0 Å². The van der Waals surface area contributed by atoms with Crippen molar-refractivity contribution < 1.29 is 13.3 Å². The van der Waals surface area contributed by atoms with Crippen LogP contribution in [0.5, 0.6) is 0 Å².